The summed E-state index contributed by atoms with van der Waals surface area (Å²) in [6, 6.07) is 0. The Morgan fingerprint density at radius 2 is 2.06 bits per heavy atom. The molecule has 1 saturated carbocycles. The predicted molar refractivity (Wildman–Crippen MR) is 56.6 cm³/mol. The average Bonchev–Trinajstić information content (AvgIpc) is 3.05. The van der Waals surface area contributed by atoms with Crippen LogP contribution in [0.5, 0.6) is 0 Å². The minimum atomic E-state index is -1.05. The molecule has 0 aromatic heterocycles. The van der Waals surface area contributed by atoms with E-state index >= 15 is 0 Å². The van der Waals surface area contributed by atoms with Gasteiger partial charge in [-0.1, -0.05) is 13.8 Å². The molecule has 1 aliphatic rings. The summed E-state index contributed by atoms with van der Waals surface area (Å²) in [5.41, 5.74) is -1.05. The summed E-state index contributed by atoms with van der Waals surface area (Å²) in [4.78, 5) is 15.7. The first-order valence-electron chi connectivity index (χ1n) is 5.47. The Kier molecular flexibility index (Phi) is 3.93. The standard InChI is InChI=1S/C11H20O5/c1-6(2)11(3,16-14)9(12)7-5-8(7)10(13)15-4/h6-9,12,14H,5H2,1-4H3. The fourth-order valence-electron chi connectivity index (χ4n) is 1.91. The van der Waals surface area contributed by atoms with Crippen LogP contribution in [0.1, 0.15) is 27.2 Å². The molecule has 4 unspecified atom stereocenters. The van der Waals surface area contributed by atoms with E-state index < -0.39 is 11.7 Å². The Morgan fingerprint density at radius 1 is 1.50 bits per heavy atom. The summed E-state index contributed by atoms with van der Waals surface area (Å²) < 4.78 is 4.61. The molecule has 0 saturated heterocycles. The van der Waals surface area contributed by atoms with E-state index in [-0.39, 0.29) is 23.7 Å². The lowest BCUT2D eigenvalue weighted by molar-refractivity contribution is -0.353. The topological polar surface area (TPSA) is 76.0 Å². The van der Waals surface area contributed by atoms with Gasteiger partial charge in [-0.05, 0) is 19.3 Å². The van der Waals surface area contributed by atoms with Crippen LogP contribution >= 0.6 is 0 Å². The third-order valence-corrected chi connectivity index (χ3v) is 3.68. The number of esters is 1. The first kappa shape index (κ1) is 13.4. The molecule has 0 aliphatic heterocycles. The number of ether oxygens (including phenoxy) is 1. The number of hydrogen-bond acceptors (Lipinski definition) is 5. The van der Waals surface area contributed by atoms with Crippen LogP contribution in [0.15, 0.2) is 0 Å². The zero-order valence-corrected chi connectivity index (χ0v) is 10.1. The molecule has 0 amide bonds. The molecule has 94 valence electrons. The minimum Gasteiger partial charge on any atom is -0.469 e. The summed E-state index contributed by atoms with van der Waals surface area (Å²) in [5, 5.41) is 19.0. The van der Waals surface area contributed by atoms with Crippen molar-refractivity contribution in [3.63, 3.8) is 0 Å². The van der Waals surface area contributed by atoms with Crippen molar-refractivity contribution < 1.29 is 24.8 Å². The van der Waals surface area contributed by atoms with Crippen LogP contribution in [0, 0.1) is 17.8 Å². The van der Waals surface area contributed by atoms with E-state index in [1.807, 2.05) is 13.8 Å². The Hall–Kier alpha value is -0.650. The highest BCUT2D eigenvalue weighted by Crippen LogP contribution is 2.47. The lowest BCUT2D eigenvalue weighted by Crippen LogP contribution is -2.47. The largest absolute Gasteiger partial charge is 0.469 e. The molecule has 0 radical (unpaired) electrons. The SMILES string of the molecule is COC(=O)C1CC1C(O)C(C)(OO)C(C)C. The summed E-state index contributed by atoms with van der Waals surface area (Å²) in [5.74, 6) is -0.834. The van der Waals surface area contributed by atoms with E-state index in [1.165, 1.54) is 7.11 Å². The monoisotopic (exact) mass is 232 g/mol. The molecule has 1 rings (SSSR count). The fraction of sp³-hybridized carbons (Fsp3) is 0.909. The third kappa shape index (κ3) is 2.21. The van der Waals surface area contributed by atoms with E-state index in [2.05, 4.69) is 9.62 Å². The lowest BCUT2D eigenvalue weighted by Gasteiger charge is -2.35. The molecule has 1 aliphatic carbocycles. The summed E-state index contributed by atoms with van der Waals surface area (Å²) >= 11 is 0. The van der Waals surface area contributed by atoms with Gasteiger partial charge >= 0.3 is 5.97 Å². The van der Waals surface area contributed by atoms with Crippen molar-refractivity contribution in [2.45, 2.75) is 38.9 Å². The Labute approximate surface area is 95.3 Å². The third-order valence-electron chi connectivity index (χ3n) is 3.68. The van der Waals surface area contributed by atoms with Crippen LogP contribution in [0.2, 0.25) is 0 Å². The smallest absolute Gasteiger partial charge is 0.309 e. The molecule has 0 aromatic carbocycles. The maximum atomic E-state index is 11.2. The van der Waals surface area contributed by atoms with Gasteiger partial charge in [-0.15, -0.1) is 0 Å². The van der Waals surface area contributed by atoms with Crippen molar-refractivity contribution in [1.82, 2.24) is 0 Å². The minimum absolute atomic E-state index is 0.0635. The van der Waals surface area contributed by atoms with E-state index in [9.17, 15) is 9.90 Å². The van der Waals surface area contributed by atoms with E-state index in [0.717, 1.165) is 0 Å². The van der Waals surface area contributed by atoms with Crippen LogP contribution in [-0.4, -0.2) is 35.1 Å². The van der Waals surface area contributed by atoms with Crippen molar-refractivity contribution in [1.29, 1.82) is 0 Å². The van der Waals surface area contributed by atoms with Gasteiger partial charge in [0.05, 0.1) is 19.1 Å². The molecule has 0 heterocycles. The van der Waals surface area contributed by atoms with Crippen LogP contribution in [-0.2, 0) is 14.4 Å². The zero-order chi connectivity index (χ0) is 12.5. The van der Waals surface area contributed by atoms with E-state index in [1.54, 1.807) is 6.92 Å². The number of aliphatic hydroxyl groups is 1. The van der Waals surface area contributed by atoms with Gasteiger partial charge in [0.25, 0.3) is 0 Å². The second-order valence-electron chi connectivity index (χ2n) is 4.90. The second kappa shape index (κ2) is 4.69. The predicted octanol–water partition coefficient (Wildman–Crippen LogP) is 1.06. The van der Waals surface area contributed by atoms with Gasteiger partial charge < -0.3 is 9.84 Å². The Balaban J connectivity index is 2.66. The van der Waals surface area contributed by atoms with Gasteiger partial charge in [0.1, 0.15) is 5.60 Å². The molecular formula is C11H20O5. The molecule has 0 aromatic rings. The Bertz CT molecular complexity index is 265. The summed E-state index contributed by atoms with van der Waals surface area (Å²) in [6.07, 6.45) is -0.291. The molecular weight excluding hydrogens is 212 g/mol. The molecule has 5 heteroatoms. The zero-order valence-electron chi connectivity index (χ0n) is 10.1. The normalized spacial score (nSPS) is 29.7. The summed E-state index contributed by atoms with van der Waals surface area (Å²) in [6.45, 7) is 5.32. The highest BCUT2D eigenvalue weighted by Gasteiger charge is 2.55. The maximum Gasteiger partial charge on any atom is 0.309 e. The van der Waals surface area contributed by atoms with E-state index in [0.29, 0.717) is 6.42 Å². The highest BCUT2D eigenvalue weighted by atomic mass is 17.1. The van der Waals surface area contributed by atoms with Crippen molar-refractivity contribution in [2.24, 2.45) is 17.8 Å². The number of methoxy groups -OCH3 is 1. The molecule has 16 heavy (non-hydrogen) atoms. The molecule has 0 bridgehead atoms. The van der Waals surface area contributed by atoms with E-state index in [4.69, 9.17) is 5.26 Å². The van der Waals surface area contributed by atoms with Crippen molar-refractivity contribution in [3.8, 4) is 0 Å². The summed E-state index contributed by atoms with van der Waals surface area (Å²) in [7, 11) is 1.33. The lowest BCUT2D eigenvalue weighted by atomic mass is 9.84. The van der Waals surface area contributed by atoms with Crippen molar-refractivity contribution in [3.05, 3.63) is 0 Å². The van der Waals surface area contributed by atoms with Crippen LogP contribution in [0.25, 0.3) is 0 Å². The second-order valence-corrected chi connectivity index (χ2v) is 4.90. The molecule has 2 N–H and O–H groups in total. The van der Waals surface area contributed by atoms with Gasteiger partial charge in [0, 0.05) is 5.92 Å². The van der Waals surface area contributed by atoms with Crippen molar-refractivity contribution in [2.75, 3.05) is 7.11 Å². The van der Waals surface area contributed by atoms with Crippen LogP contribution in [0.4, 0.5) is 0 Å². The quantitative estimate of drug-likeness (QED) is 0.421. The fourth-order valence-corrected chi connectivity index (χ4v) is 1.91. The van der Waals surface area contributed by atoms with Gasteiger partial charge in [-0.25, -0.2) is 4.89 Å². The highest BCUT2D eigenvalue weighted by molar-refractivity contribution is 5.75. The average molecular weight is 232 g/mol. The number of aliphatic hydroxyl groups excluding tert-OH is 1. The van der Waals surface area contributed by atoms with Crippen LogP contribution in [0.3, 0.4) is 0 Å². The number of carbonyl (C=O) groups excluding carboxylic acids is 1. The number of carbonyl (C=O) groups is 1. The number of rotatable bonds is 5. The first-order valence-corrected chi connectivity index (χ1v) is 5.47. The Morgan fingerprint density at radius 3 is 2.44 bits per heavy atom. The number of hydrogen-bond donors (Lipinski definition) is 2. The van der Waals surface area contributed by atoms with Gasteiger partial charge in [-0.2, -0.15) is 0 Å². The molecule has 1 fully saturated rings. The molecule has 5 nitrogen and oxygen atoms in total. The molecule has 0 spiro atoms. The van der Waals surface area contributed by atoms with Gasteiger partial charge in [0.15, 0.2) is 0 Å². The maximum absolute atomic E-state index is 11.2. The van der Waals surface area contributed by atoms with Crippen molar-refractivity contribution >= 4 is 5.97 Å². The molecule has 4 atom stereocenters. The van der Waals surface area contributed by atoms with Crippen LogP contribution < -0.4 is 0 Å². The van der Waals surface area contributed by atoms with Gasteiger partial charge in [0.2, 0.25) is 0 Å². The van der Waals surface area contributed by atoms with Gasteiger partial charge in [-0.3, -0.25) is 10.1 Å². The first-order chi connectivity index (χ1) is 7.38.